The van der Waals surface area contributed by atoms with E-state index in [0.29, 0.717) is 12.2 Å². The number of hydrogen-bond donors (Lipinski definition) is 0. The van der Waals surface area contributed by atoms with E-state index in [1.54, 1.807) is 0 Å². The van der Waals surface area contributed by atoms with E-state index in [9.17, 15) is 4.79 Å². The maximum absolute atomic E-state index is 11.4. The van der Waals surface area contributed by atoms with E-state index in [1.165, 1.54) is 5.56 Å². The van der Waals surface area contributed by atoms with Crippen LogP contribution >= 0.6 is 11.6 Å². The molecule has 0 N–H and O–H groups in total. The van der Waals surface area contributed by atoms with Crippen molar-refractivity contribution in [2.75, 3.05) is 0 Å². The summed E-state index contributed by atoms with van der Waals surface area (Å²) in [7, 11) is 0. The Morgan fingerprint density at radius 1 is 1.20 bits per heavy atom. The van der Waals surface area contributed by atoms with E-state index < -0.39 is 0 Å². The molecular weight excluding hydrogens is 208 g/mol. The summed E-state index contributed by atoms with van der Waals surface area (Å²) in [5, 5.41) is 0.746. The molecule has 0 fully saturated rings. The molecule has 0 heterocycles. The smallest absolute Gasteiger partial charge is 0.133 e. The molecule has 0 unspecified atom stereocenters. The van der Waals surface area contributed by atoms with Crippen molar-refractivity contribution in [2.45, 2.75) is 39.0 Å². The van der Waals surface area contributed by atoms with Crippen LogP contribution in [0, 0.1) is 0 Å². The summed E-state index contributed by atoms with van der Waals surface area (Å²) in [4.78, 5) is 11.4. The lowest BCUT2D eigenvalue weighted by Crippen LogP contribution is -1.99. The van der Waals surface area contributed by atoms with Crippen molar-refractivity contribution in [1.82, 2.24) is 0 Å². The Bertz CT molecular complexity index is 303. The van der Waals surface area contributed by atoms with Gasteiger partial charge < -0.3 is 0 Å². The van der Waals surface area contributed by atoms with E-state index in [0.717, 1.165) is 30.7 Å². The standard InChI is InChI=1S/C13H17ClO/c1-2-3-4-13(15)10-7-11-5-8-12(14)9-6-11/h5-6,8-9H,2-4,7,10H2,1H3. The van der Waals surface area contributed by atoms with Crippen LogP contribution in [-0.2, 0) is 11.2 Å². The quantitative estimate of drug-likeness (QED) is 0.713. The highest BCUT2D eigenvalue weighted by Gasteiger charge is 2.01. The fourth-order valence-corrected chi connectivity index (χ4v) is 1.56. The number of ketones is 1. The molecule has 0 aliphatic carbocycles. The van der Waals surface area contributed by atoms with Crippen molar-refractivity contribution in [3.05, 3.63) is 34.9 Å². The zero-order chi connectivity index (χ0) is 11.1. The lowest BCUT2D eigenvalue weighted by atomic mass is 10.0. The molecule has 1 aromatic carbocycles. The molecule has 0 aromatic heterocycles. The Hall–Kier alpha value is -0.820. The number of benzene rings is 1. The molecule has 0 bridgehead atoms. The van der Waals surface area contributed by atoms with Crippen molar-refractivity contribution >= 4 is 17.4 Å². The van der Waals surface area contributed by atoms with Gasteiger partial charge >= 0.3 is 0 Å². The Balaban J connectivity index is 2.30. The third-order valence-corrected chi connectivity index (χ3v) is 2.67. The van der Waals surface area contributed by atoms with Gasteiger partial charge in [-0.2, -0.15) is 0 Å². The fourth-order valence-electron chi connectivity index (χ4n) is 1.43. The van der Waals surface area contributed by atoms with Gasteiger partial charge in [0.25, 0.3) is 0 Å². The molecule has 0 amide bonds. The summed E-state index contributed by atoms with van der Waals surface area (Å²) in [6.45, 7) is 2.10. The summed E-state index contributed by atoms with van der Waals surface area (Å²) < 4.78 is 0. The van der Waals surface area contributed by atoms with Crippen LogP contribution in [0.5, 0.6) is 0 Å². The molecule has 0 aliphatic heterocycles. The van der Waals surface area contributed by atoms with Gasteiger partial charge in [-0.1, -0.05) is 37.1 Å². The SMILES string of the molecule is CCCCC(=O)CCc1ccc(Cl)cc1. The van der Waals surface area contributed by atoms with Crippen LogP contribution in [-0.4, -0.2) is 5.78 Å². The first-order chi connectivity index (χ1) is 7.22. The van der Waals surface area contributed by atoms with Gasteiger partial charge in [0.15, 0.2) is 0 Å². The molecule has 0 saturated heterocycles. The van der Waals surface area contributed by atoms with Crippen molar-refractivity contribution in [3.63, 3.8) is 0 Å². The number of carbonyl (C=O) groups is 1. The van der Waals surface area contributed by atoms with Gasteiger partial charge in [0.2, 0.25) is 0 Å². The molecule has 1 rings (SSSR count). The van der Waals surface area contributed by atoms with Crippen LogP contribution in [0.3, 0.4) is 0 Å². The highest BCUT2D eigenvalue weighted by atomic mass is 35.5. The minimum atomic E-state index is 0.367. The largest absolute Gasteiger partial charge is 0.300 e. The molecule has 15 heavy (non-hydrogen) atoms. The topological polar surface area (TPSA) is 17.1 Å². The number of unbranched alkanes of at least 4 members (excludes halogenated alkanes) is 1. The summed E-state index contributed by atoms with van der Waals surface area (Å²) in [6.07, 6.45) is 4.32. The Morgan fingerprint density at radius 3 is 2.47 bits per heavy atom. The first kappa shape index (κ1) is 12.3. The molecular formula is C13H17ClO. The van der Waals surface area contributed by atoms with Crippen LogP contribution in [0.25, 0.3) is 0 Å². The number of hydrogen-bond acceptors (Lipinski definition) is 1. The minimum absolute atomic E-state index is 0.367. The normalized spacial score (nSPS) is 10.3. The highest BCUT2D eigenvalue weighted by molar-refractivity contribution is 6.30. The van der Waals surface area contributed by atoms with Gasteiger partial charge in [-0.05, 0) is 30.5 Å². The van der Waals surface area contributed by atoms with Crippen LogP contribution in [0.15, 0.2) is 24.3 Å². The number of aryl methyl sites for hydroxylation is 1. The van der Waals surface area contributed by atoms with Gasteiger partial charge in [0, 0.05) is 17.9 Å². The highest BCUT2D eigenvalue weighted by Crippen LogP contribution is 2.11. The van der Waals surface area contributed by atoms with Crippen molar-refractivity contribution in [3.8, 4) is 0 Å². The molecule has 82 valence electrons. The van der Waals surface area contributed by atoms with Crippen molar-refractivity contribution < 1.29 is 4.79 Å². The van der Waals surface area contributed by atoms with E-state index in [2.05, 4.69) is 6.92 Å². The van der Waals surface area contributed by atoms with Gasteiger partial charge in [-0.25, -0.2) is 0 Å². The van der Waals surface area contributed by atoms with E-state index >= 15 is 0 Å². The second-order valence-electron chi connectivity index (χ2n) is 3.77. The van der Waals surface area contributed by atoms with Crippen LogP contribution in [0.2, 0.25) is 5.02 Å². The van der Waals surface area contributed by atoms with Crippen molar-refractivity contribution in [1.29, 1.82) is 0 Å². The second-order valence-corrected chi connectivity index (χ2v) is 4.21. The molecule has 0 atom stereocenters. The van der Waals surface area contributed by atoms with E-state index in [4.69, 9.17) is 11.6 Å². The molecule has 1 nitrogen and oxygen atoms in total. The summed E-state index contributed by atoms with van der Waals surface area (Å²) in [6, 6.07) is 7.70. The first-order valence-corrected chi connectivity index (χ1v) is 5.86. The predicted molar refractivity (Wildman–Crippen MR) is 64.3 cm³/mol. The Morgan fingerprint density at radius 2 is 1.87 bits per heavy atom. The lowest BCUT2D eigenvalue weighted by molar-refractivity contribution is -0.119. The summed E-state index contributed by atoms with van der Waals surface area (Å²) in [5.74, 6) is 0.367. The van der Waals surface area contributed by atoms with Crippen LogP contribution < -0.4 is 0 Å². The molecule has 1 aromatic rings. The Kier molecular flexibility index (Phi) is 5.41. The zero-order valence-corrected chi connectivity index (χ0v) is 9.89. The van der Waals surface area contributed by atoms with Gasteiger partial charge in [-0.3, -0.25) is 4.79 Å². The minimum Gasteiger partial charge on any atom is -0.300 e. The Labute approximate surface area is 96.5 Å². The third-order valence-electron chi connectivity index (χ3n) is 2.41. The number of halogens is 1. The molecule has 0 aliphatic rings. The fraction of sp³-hybridized carbons (Fsp3) is 0.462. The summed E-state index contributed by atoms with van der Waals surface area (Å²) >= 11 is 5.78. The number of Topliss-reactive ketones (excluding diaryl/α,β-unsaturated/α-hetero) is 1. The van der Waals surface area contributed by atoms with E-state index in [-0.39, 0.29) is 0 Å². The van der Waals surface area contributed by atoms with Gasteiger partial charge in [0.1, 0.15) is 5.78 Å². The number of carbonyl (C=O) groups excluding carboxylic acids is 1. The van der Waals surface area contributed by atoms with Crippen LogP contribution in [0.1, 0.15) is 38.2 Å². The van der Waals surface area contributed by atoms with Crippen molar-refractivity contribution in [2.24, 2.45) is 0 Å². The average molecular weight is 225 g/mol. The predicted octanol–water partition coefficient (Wildman–Crippen LogP) is 4.03. The summed E-state index contributed by atoms with van der Waals surface area (Å²) in [5.41, 5.74) is 1.18. The zero-order valence-electron chi connectivity index (χ0n) is 9.13. The first-order valence-electron chi connectivity index (χ1n) is 5.48. The second kappa shape index (κ2) is 6.62. The van der Waals surface area contributed by atoms with E-state index in [1.807, 2.05) is 24.3 Å². The molecule has 0 spiro atoms. The molecule has 2 heteroatoms. The van der Waals surface area contributed by atoms with Crippen LogP contribution in [0.4, 0.5) is 0 Å². The lowest BCUT2D eigenvalue weighted by Gasteiger charge is -2.01. The maximum atomic E-state index is 11.4. The number of rotatable bonds is 6. The molecule has 0 saturated carbocycles. The molecule has 0 radical (unpaired) electrons. The maximum Gasteiger partial charge on any atom is 0.133 e. The monoisotopic (exact) mass is 224 g/mol. The third kappa shape index (κ3) is 4.98. The van der Waals surface area contributed by atoms with Gasteiger partial charge in [0.05, 0.1) is 0 Å². The van der Waals surface area contributed by atoms with Gasteiger partial charge in [-0.15, -0.1) is 0 Å². The average Bonchev–Trinajstić information content (AvgIpc) is 2.25.